The average molecular weight is 506 g/mol. The van der Waals surface area contributed by atoms with Crippen LogP contribution in [-0.4, -0.2) is 28.6 Å². The van der Waals surface area contributed by atoms with E-state index in [1.807, 2.05) is 96.1 Å². The molecular weight excluding hydrogens is 482 g/mol. The predicted octanol–water partition coefficient (Wildman–Crippen LogP) is 0.840. The summed E-state index contributed by atoms with van der Waals surface area (Å²) < 4.78 is 8.67. The van der Waals surface area contributed by atoms with Gasteiger partial charge in [-0.3, -0.25) is 5.43 Å². The molecule has 0 unspecified atom stereocenters. The molecule has 2 aromatic heterocycles. The molecule has 8 heteroatoms. The zero-order valence-corrected chi connectivity index (χ0v) is 19.7. The minimum absolute atomic E-state index is 0. The SMILES string of the molecule is CCOC(=O)C[n+]1cccc(-c2nn(-c3ccccc3)cc2/C=N/Nc2ccccc2)c1.[Br-]. The number of benzene rings is 2. The Morgan fingerprint density at radius 3 is 2.55 bits per heavy atom. The number of nitrogens with zero attached hydrogens (tertiary/aromatic N) is 4. The van der Waals surface area contributed by atoms with Crippen LogP contribution >= 0.6 is 0 Å². The number of nitrogens with one attached hydrogen (secondary N) is 1. The first-order valence-electron chi connectivity index (χ1n) is 10.4. The Hall–Kier alpha value is -3.78. The van der Waals surface area contributed by atoms with Gasteiger partial charge in [0.2, 0.25) is 6.54 Å². The quantitative estimate of drug-likeness (QED) is 0.167. The first-order chi connectivity index (χ1) is 15.7. The van der Waals surface area contributed by atoms with Gasteiger partial charge in [0, 0.05) is 17.8 Å². The summed E-state index contributed by atoms with van der Waals surface area (Å²) in [6.07, 6.45) is 7.40. The molecule has 0 radical (unpaired) electrons. The third-order valence-corrected chi connectivity index (χ3v) is 4.68. The lowest BCUT2D eigenvalue weighted by molar-refractivity contribution is -0.685. The molecular formula is C25H24BrN5O2. The van der Waals surface area contributed by atoms with Gasteiger partial charge in [-0.2, -0.15) is 14.8 Å². The van der Waals surface area contributed by atoms with E-state index in [2.05, 4.69) is 10.5 Å². The van der Waals surface area contributed by atoms with Gasteiger partial charge in [-0.1, -0.05) is 36.4 Å². The number of para-hydroxylation sites is 2. The summed E-state index contributed by atoms with van der Waals surface area (Å²) in [6.45, 7) is 2.29. The fourth-order valence-electron chi connectivity index (χ4n) is 3.22. The number of hydrazone groups is 1. The van der Waals surface area contributed by atoms with Gasteiger partial charge in [-0.05, 0) is 37.3 Å². The Balaban J connectivity index is 0.00000306. The lowest BCUT2D eigenvalue weighted by Crippen LogP contribution is -3.00. The third-order valence-electron chi connectivity index (χ3n) is 4.68. The van der Waals surface area contributed by atoms with E-state index in [4.69, 9.17) is 9.84 Å². The van der Waals surface area contributed by atoms with Crippen molar-refractivity contribution in [3.8, 4) is 16.9 Å². The second kappa shape index (κ2) is 11.7. The van der Waals surface area contributed by atoms with Crippen LogP contribution in [-0.2, 0) is 16.1 Å². The highest BCUT2D eigenvalue weighted by Crippen LogP contribution is 2.21. The summed E-state index contributed by atoms with van der Waals surface area (Å²) in [5, 5.41) is 9.19. The number of esters is 1. The Bertz CT molecular complexity index is 1210. The maximum Gasteiger partial charge on any atom is 0.372 e. The summed E-state index contributed by atoms with van der Waals surface area (Å²) in [5.74, 6) is -0.279. The second-order valence-electron chi connectivity index (χ2n) is 7.02. The van der Waals surface area contributed by atoms with Crippen LogP contribution in [0.25, 0.3) is 16.9 Å². The number of rotatable bonds is 8. The fraction of sp³-hybridized carbons (Fsp3) is 0.120. The standard InChI is InChI=1S/C25H24N5O2.BrH/c1-2-32-24(31)19-29-15-9-10-20(17-29)25-21(16-26-27-22-11-5-3-6-12-22)18-30(28-25)23-13-7-4-8-14-23;/h3-18,27H,2,19H2,1H3;1H/q+1;/p-1/b26-16+;. The Labute approximate surface area is 203 Å². The minimum atomic E-state index is -0.279. The third kappa shape index (κ3) is 6.36. The molecule has 4 aromatic rings. The van der Waals surface area contributed by atoms with Crippen LogP contribution in [0.1, 0.15) is 12.5 Å². The van der Waals surface area contributed by atoms with Gasteiger partial charge in [0.15, 0.2) is 12.4 Å². The Morgan fingerprint density at radius 2 is 1.82 bits per heavy atom. The largest absolute Gasteiger partial charge is 1.00 e. The number of hydrogen-bond acceptors (Lipinski definition) is 5. The van der Waals surface area contributed by atoms with E-state index in [9.17, 15) is 4.79 Å². The maximum absolute atomic E-state index is 11.9. The molecule has 0 fully saturated rings. The topological polar surface area (TPSA) is 72.4 Å². The summed E-state index contributed by atoms with van der Waals surface area (Å²) in [6, 6.07) is 23.5. The van der Waals surface area contributed by atoms with Gasteiger partial charge in [0.05, 0.1) is 29.8 Å². The van der Waals surface area contributed by atoms with E-state index in [0.29, 0.717) is 6.61 Å². The van der Waals surface area contributed by atoms with Crippen molar-refractivity contribution in [1.82, 2.24) is 9.78 Å². The molecule has 0 atom stereocenters. The molecule has 0 saturated heterocycles. The van der Waals surface area contributed by atoms with Crippen molar-refractivity contribution in [3.05, 3.63) is 97.0 Å². The zero-order chi connectivity index (χ0) is 22.2. The molecule has 1 N–H and O–H groups in total. The minimum Gasteiger partial charge on any atom is -1.00 e. The van der Waals surface area contributed by atoms with Crippen LogP contribution in [0.2, 0.25) is 0 Å². The zero-order valence-electron chi connectivity index (χ0n) is 18.1. The number of carbonyl (C=O) groups excluding carboxylic acids is 1. The van der Waals surface area contributed by atoms with E-state index in [0.717, 1.165) is 28.2 Å². The van der Waals surface area contributed by atoms with E-state index >= 15 is 0 Å². The van der Waals surface area contributed by atoms with Crippen LogP contribution in [0.15, 0.2) is 96.5 Å². The normalized spacial score (nSPS) is 10.6. The molecule has 0 aliphatic heterocycles. The van der Waals surface area contributed by atoms with E-state index < -0.39 is 0 Å². The molecule has 0 saturated carbocycles. The van der Waals surface area contributed by atoms with Gasteiger partial charge >= 0.3 is 5.97 Å². The maximum atomic E-state index is 11.9. The molecule has 7 nitrogen and oxygen atoms in total. The lowest BCUT2D eigenvalue weighted by atomic mass is 10.1. The van der Waals surface area contributed by atoms with Crippen LogP contribution in [0.3, 0.4) is 0 Å². The van der Waals surface area contributed by atoms with Crippen molar-refractivity contribution in [2.24, 2.45) is 5.10 Å². The lowest BCUT2D eigenvalue weighted by Gasteiger charge is -2.02. The highest BCUT2D eigenvalue weighted by Gasteiger charge is 2.16. The molecule has 0 amide bonds. The van der Waals surface area contributed by atoms with Gasteiger partial charge in [-0.15, -0.1) is 0 Å². The highest BCUT2D eigenvalue weighted by molar-refractivity contribution is 5.89. The van der Waals surface area contributed by atoms with E-state index in [1.54, 1.807) is 17.7 Å². The number of halogens is 1. The number of carbonyl (C=O) groups is 1. The molecule has 0 bridgehead atoms. The molecule has 168 valence electrons. The van der Waals surface area contributed by atoms with Gasteiger partial charge in [-0.25, -0.2) is 9.48 Å². The Morgan fingerprint density at radius 1 is 1.09 bits per heavy atom. The summed E-state index contributed by atoms with van der Waals surface area (Å²) in [7, 11) is 0. The molecule has 4 rings (SSSR count). The summed E-state index contributed by atoms with van der Waals surface area (Å²) in [5.41, 5.74) is 7.34. The van der Waals surface area contributed by atoms with Crippen molar-refractivity contribution in [2.75, 3.05) is 12.0 Å². The van der Waals surface area contributed by atoms with E-state index in [-0.39, 0.29) is 29.5 Å². The van der Waals surface area contributed by atoms with Crippen molar-refractivity contribution in [1.29, 1.82) is 0 Å². The molecule has 0 aliphatic rings. The van der Waals surface area contributed by atoms with Crippen molar-refractivity contribution >= 4 is 17.9 Å². The van der Waals surface area contributed by atoms with Crippen LogP contribution in [0, 0.1) is 0 Å². The monoisotopic (exact) mass is 505 g/mol. The number of ether oxygens (including phenoxy) is 1. The molecule has 2 heterocycles. The van der Waals surface area contributed by atoms with Crippen LogP contribution < -0.4 is 27.0 Å². The molecule has 0 aliphatic carbocycles. The first-order valence-corrected chi connectivity index (χ1v) is 10.4. The number of pyridine rings is 1. The van der Waals surface area contributed by atoms with Crippen molar-refractivity contribution < 1.29 is 31.1 Å². The van der Waals surface area contributed by atoms with E-state index in [1.165, 1.54) is 0 Å². The van der Waals surface area contributed by atoms with Gasteiger partial charge < -0.3 is 21.7 Å². The molecule has 2 aromatic carbocycles. The summed E-state index contributed by atoms with van der Waals surface area (Å²) >= 11 is 0. The number of hydrogen-bond donors (Lipinski definition) is 1. The highest BCUT2D eigenvalue weighted by atomic mass is 79.9. The Kier molecular flexibility index (Phi) is 8.49. The second-order valence-corrected chi connectivity index (χ2v) is 7.02. The smallest absolute Gasteiger partial charge is 0.372 e. The van der Waals surface area contributed by atoms with Crippen molar-refractivity contribution in [3.63, 3.8) is 0 Å². The summed E-state index contributed by atoms with van der Waals surface area (Å²) in [4.78, 5) is 11.9. The van der Waals surface area contributed by atoms with Crippen LogP contribution in [0.4, 0.5) is 5.69 Å². The number of anilines is 1. The van der Waals surface area contributed by atoms with Crippen LogP contribution in [0.5, 0.6) is 0 Å². The number of aromatic nitrogens is 3. The van der Waals surface area contributed by atoms with Gasteiger partial charge in [0.25, 0.3) is 0 Å². The van der Waals surface area contributed by atoms with Gasteiger partial charge in [0.1, 0.15) is 5.69 Å². The fourth-order valence-corrected chi connectivity index (χ4v) is 3.22. The first kappa shape index (κ1) is 23.9. The molecule has 33 heavy (non-hydrogen) atoms. The van der Waals surface area contributed by atoms with Crippen molar-refractivity contribution in [2.45, 2.75) is 13.5 Å². The average Bonchev–Trinajstić information content (AvgIpc) is 3.25. The molecule has 0 spiro atoms. The predicted molar refractivity (Wildman–Crippen MR) is 123 cm³/mol.